The minimum Gasteiger partial charge on any atom is -0.476 e. The molecule has 1 aromatic heterocycles. The number of nitrogens with one attached hydrogen (secondary N) is 1. The largest absolute Gasteiger partial charge is 0.476 e. The van der Waals surface area contributed by atoms with Crippen LogP contribution in [0.3, 0.4) is 0 Å². The molecular formula is C16H16ClF3N2O3S. The van der Waals surface area contributed by atoms with Crippen LogP contribution in [0.25, 0.3) is 0 Å². The molecule has 26 heavy (non-hydrogen) atoms. The van der Waals surface area contributed by atoms with Gasteiger partial charge in [-0.2, -0.15) is 13.2 Å². The summed E-state index contributed by atoms with van der Waals surface area (Å²) in [6.07, 6.45) is -3.39. The van der Waals surface area contributed by atoms with Crippen molar-refractivity contribution < 1.29 is 27.3 Å². The molecule has 0 aliphatic heterocycles. The van der Waals surface area contributed by atoms with Crippen molar-refractivity contribution in [2.24, 2.45) is 0 Å². The number of carboxylic acid groups (broad SMARTS) is 1. The van der Waals surface area contributed by atoms with E-state index >= 15 is 0 Å². The van der Waals surface area contributed by atoms with Crippen LogP contribution in [-0.2, 0) is 17.2 Å². The average Bonchev–Trinajstić information content (AvgIpc) is 2.55. The number of benzene rings is 1. The Kier molecular flexibility index (Phi) is 7.58. The molecule has 0 aliphatic carbocycles. The maximum absolute atomic E-state index is 12.9. The topological polar surface area (TPSA) is 79.3 Å². The second kappa shape index (κ2) is 9.00. The Balaban J connectivity index is 0.00000163. The standard InChI is InChI=1S/C14H10ClF3N2O3S.C2H6/c1-7-4-11(12(13(21)22)19-6-7)20-24(23)8-2-3-10(15)9(5-8)14(16,17)18;1-2/h2-6,20H,1H3,(H,21,22);1-2H3. The van der Waals surface area contributed by atoms with E-state index in [9.17, 15) is 22.2 Å². The molecule has 0 radical (unpaired) electrons. The lowest BCUT2D eigenvalue weighted by Gasteiger charge is -2.12. The van der Waals surface area contributed by atoms with Gasteiger partial charge in [0.05, 0.1) is 21.2 Å². The first-order valence-corrected chi connectivity index (χ1v) is 8.87. The van der Waals surface area contributed by atoms with Crippen molar-refractivity contribution in [1.82, 2.24) is 4.98 Å². The van der Waals surface area contributed by atoms with Crippen molar-refractivity contribution in [2.75, 3.05) is 4.72 Å². The van der Waals surface area contributed by atoms with Crippen LogP contribution >= 0.6 is 11.6 Å². The minimum absolute atomic E-state index is 0.0654. The third kappa shape index (κ3) is 5.43. The normalized spacial score (nSPS) is 12.0. The smallest absolute Gasteiger partial charge is 0.417 e. The monoisotopic (exact) mass is 408 g/mol. The van der Waals surface area contributed by atoms with Gasteiger partial charge in [0, 0.05) is 6.20 Å². The highest BCUT2D eigenvalue weighted by atomic mass is 35.5. The van der Waals surface area contributed by atoms with Crippen LogP contribution in [0.4, 0.5) is 18.9 Å². The van der Waals surface area contributed by atoms with E-state index in [4.69, 9.17) is 16.7 Å². The summed E-state index contributed by atoms with van der Waals surface area (Å²) in [6, 6.07) is 4.17. The number of anilines is 1. The summed E-state index contributed by atoms with van der Waals surface area (Å²) in [5.74, 6) is -1.36. The number of rotatable bonds is 4. The number of nitrogens with zero attached hydrogens (tertiary/aromatic N) is 1. The van der Waals surface area contributed by atoms with Crippen molar-refractivity contribution >= 4 is 34.2 Å². The molecule has 2 rings (SSSR count). The van der Waals surface area contributed by atoms with Gasteiger partial charge in [0.1, 0.15) is 11.0 Å². The lowest BCUT2D eigenvalue weighted by atomic mass is 10.2. The van der Waals surface area contributed by atoms with Gasteiger partial charge in [0.2, 0.25) is 0 Å². The van der Waals surface area contributed by atoms with Gasteiger partial charge in [0.25, 0.3) is 0 Å². The SMILES string of the molecule is CC.Cc1cnc(C(=O)O)c(NS(=O)c2ccc(Cl)c(C(F)(F)F)c2)c1. The van der Waals surface area contributed by atoms with Crippen LogP contribution in [0, 0.1) is 6.92 Å². The highest BCUT2D eigenvalue weighted by Gasteiger charge is 2.33. The molecule has 0 bridgehead atoms. The van der Waals surface area contributed by atoms with Gasteiger partial charge in [-0.05, 0) is 36.8 Å². The molecule has 142 valence electrons. The fraction of sp³-hybridized carbons (Fsp3) is 0.250. The number of halogens is 4. The molecular weight excluding hydrogens is 393 g/mol. The third-order valence-electron chi connectivity index (χ3n) is 2.89. The molecule has 5 nitrogen and oxygen atoms in total. The molecule has 1 unspecified atom stereocenters. The predicted molar refractivity (Wildman–Crippen MR) is 93.8 cm³/mol. The number of carbonyl (C=O) groups is 1. The lowest BCUT2D eigenvalue weighted by Crippen LogP contribution is -2.13. The number of aromatic carboxylic acids is 1. The molecule has 2 aromatic rings. The molecule has 1 heterocycles. The van der Waals surface area contributed by atoms with E-state index in [0.717, 1.165) is 12.1 Å². The fourth-order valence-corrected chi connectivity index (χ4v) is 2.93. The Bertz CT molecular complexity index is 829. The number of hydrogen-bond donors (Lipinski definition) is 2. The Morgan fingerprint density at radius 3 is 2.42 bits per heavy atom. The second-order valence-electron chi connectivity index (χ2n) is 4.72. The number of pyridine rings is 1. The highest BCUT2D eigenvalue weighted by Crippen LogP contribution is 2.35. The summed E-state index contributed by atoms with van der Waals surface area (Å²) < 4.78 is 53.2. The summed E-state index contributed by atoms with van der Waals surface area (Å²) in [7, 11) is -2.13. The molecule has 0 aliphatic rings. The molecule has 0 saturated carbocycles. The van der Waals surface area contributed by atoms with E-state index in [1.165, 1.54) is 12.3 Å². The number of carboxylic acids is 1. The highest BCUT2D eigenvalue weighted by molar-refractivity contribution is 7.86. The van der Waals surface area contributed by atoms with Crippen LogP contribution in [0.2, 0.25) is 5.02 Å². The maximum Gasteiger partial charge on any atom is 0.417 e. The maximum atomic E-state index is 12.9. The number of alkyl halides is 3. The predicted octanol–water partition coefficient (Wildman–Crippen LogP) is 4.92. The van der Waals surface area contributed by atoms with Crippen LogP contribution in [0.1, 0.15) is 35.5 Å². The molecule has 0 spiro atoms. The number of hydrogen-bond acceptors (Lipinski definition) is 3. The Labute approximate surface area is 155 Å². The molecule has 0 saturated heterocycles. The quantitative estimate of drug-likeness (QED) is 0.752. The van der Waals surface area contributed by atoms with Gasteiger partial charge < -0.3 is 5.11 Å². The summed E-state index contributed by atoms with van der Waals surface area (Å²) in [5.41, 5.74) is -0.993. The zero-order valence-corrected chi connectivity index (χ0v) is 15.6. The Morgan fingerprint density at radius 2 is 1.88 bits per heavy atom. The zero-order valence-electron chi connectivity index (χ0n) is 14.0. The summed E-state index contributed by atoms with van der Waals surface area (Å²) in [5, 5.41) is 8.54. The average molecular weight is 409 g/mol. The molecule has 1 aromatic carbocycles. The van der Waals surface area contributed by atoms with Crippen molar-refractivity contribution in [1.29, 1.82) is 0 Å². The molecule has 0 fully saturated rings. The zero-order chi connectivity index (χ0) is 20.1. The van der Waals surface area contributed by atoms with Gasteiger partial charge in [-0.25, -0.2) is 14.0 Å². The van der Waals surface area contributed by atoms with Crippen LogP contribution < -0.4 is 4.72 Å². The summed E-state index contributed by atoms with van der Waals surface area (Å²) in [6.45, 7) is 5.64. The van der Waals surface area contributed by atoms with E-state index in [2.05, 4.69) is 9.71 Å². The Hall–Kier alpha value is -2.13. The number of aryl methyl sites for hydroxylation is 1. The lowest BCUT2D eigenvalue weighted by molar-refractivity contribution is -0.137. The van der Waals surface area contributed by atoms with Gasteiger partial charge in [-0.15, -0.1) is 0 Å². The van der Waals surface area contributed by atoms with E-state index < -0.39 is 33.7 Å². The van der Waals surface area contributed by atoms with Crippen molar-refractivity contribution in [3.8, 4) is 0 Å². The van der Waals surface area contributed by atoms with Gasteiger partial charge in [-0.1, -0.05) is 25.4 Å². The van der Waals surface area contributed by atoms with Gasteiger partial charge in [0.15, 0.2) is 5.69 Å². The van der Waals surface area contributed by atoms with E-state index in [1.54, 1.807) is 6.92 Å². The van der Waals surface area contributed by atoms with Gasteiger partial charge >= 0.3 is 12.1 Å². The van der Waals surface area contributed by atoms with Gasteiger partial charge in [-0.3, -0.25) is 4.72 Å². The fourth-order valence-electron chi connectivity index (χ4n) is 1.81. The molecule has 2 N–H and O–H groups in total. The first-order chi connectivity index (χ1) is 12.1. The third-order valence-corrected chi connectivity index (χ3v) is 4.30. The minimum atomic E-state index is -4.70. The second-order valence-corrected chi connectivity index (χ2v) is 6.34. The number of aromatic nitrogens is 1. The van der Waals surface area contributed by atoms with Crippen molar-refractivity contribution in [3.63, 3.8) is 0 Å². The molecule has 10 heteroatoms. The van der Waals surface area contributed by atoms with Crippen LogP contribution in [-0.4, -0.2) is 20.3 Å². The molecule has 0 amide bonds. The molecule has 1 atom stereocenters. The summed E-state index contributed by atoms with van der Waals surface area (Å²) in [4.78, 5) is 14.6. The van der Waals surface area contributed by atoms with E-state index in [1.807, 2.05) is 13.8 Å². The van der Waals surface area contributed by atoms with E-state index in [-0.39, 0.29) is 16.3 Å². The van der Waals surface area contributed by atoms with Crippen LogP contribution in [0.15, 0.2) is 35.4 Å². The first kappa shape index (κ1) is 21.9. The van der Waals surface area contributed by atoms with Crippen molar-refractivity contribution in [3.05, 3.63) is 52.3 Å². The first-order valence-electron chi connectivity index (χ1n) is 7.34. The van der Waals surface area contributed by atoms with E-state index in [0.29, 0.717) is 11.6 Å². The summed E-state index contributed by atoms with van der Waals surface area (Å²) >= 11 is 5.51. The Morgan fingerprint density at radius 1 is 1.27 bits per heavy atom. The van der Waals surface area contributed by atoms with Crippen molar-refractivity contribution in [2.45, 2.75) is 31.8 Å². The van der Waals surface area contributed by atoms with Crippen LogP contribution in [0.5, 0.6) is 0 Å².